The first-order valence-corrected chi connectivity index (χ1v) is 4.58. The molecule has 0 atom stereocenters. The highest BCUT2D eigenvalue weighted by atomic mass is 127. The summed E-state index contributed by atoms with van der Waals surface area (Å²) in [7, 11) is 0. The van der Waals surface area contributed by atoms with Gasteiger partial charge in [-0.1, -0.05) is 26.2 Å². The van der Waals surface area contributed by atoms with Gasteiger partial charge in [0.25, 0.3) is 0 Å². The van der Waals surface area contributed by atoms with Crippen LogP contribution < -0.4 is 0 Å². The molecule has 0 spiro atoms. The van der Waals surface area contributed by atoms with Crippen molar-refractivity contribution in [3.05, 3.63) is 0 Å². The van der Waals surface area contributed by atoms with Crippen LogP contribution in [-0.2, 0) is 4.79 Å². The second-order valence-corrected chi connectivity index (χ2v) is 3.40. The molecule has 1 amide bonds. The largest absolute Gasteiger partial charge is 0.321 e. The van der Waals surface area contributed by atoms with Crippen molar-refractivity contribution in [1.82, 2.24) is 3.11 Å². The van der Waals surface area contributed by atoms with Crippen LogP contribution in [0.5, 0.6) is 0 Å². The summed E-state index contributed by atoms with van der Waals surface area (Å²) in [5.41, 5.74) is 0. The monoisotopic (exact) mass is 254 g/mol. The van der Waals surface area contributed by atoms with Gasteiger partial charge in [-0.15, -0.1) is 0 Å². The molecule has 0 aliphatic carbocycles. The summed E-state index contributed by atoms with van der Waals surface area (Å²) >= 11 is 1.97. The first-order valence-electron chi connectivity index (χ1n) is 3.62. The van der Waals surface area contributed by atoms with Crippen LogP contribution >= 0.6 is 22.9 Å². The molecule has 0 saturated heterocycles. The molecule has 0 unspecified atom stereocenters. The van der Waals surface area contributed by atoms with Crippen LogP contribution in [0.4, 0.5) is 0 Å². The van der Waals surface area contributed by atoms with E-state index in [4.69, 9.17) is 0 Å². The first kappa shape index (κ1) is 10.2. The number of hydrogen-bond donors (Lipinski definition) is 0. The lowest BCUT2D eigenvalue weighted by molar-refractivity contribution is 0.503. The van der Waals surface area contributed by atoms with Gasteiger partial charge < -0.3 is 0 Å². The van der Waals surface area contributed by atoms with Crippen molar-refractivity contribution in [3.8, 4) is 0 Å². The van der Waals surface area contributed by atoms with Crippen molar-refractivity contribution in [2.45, 2.75) is 32.6 Å². The maximum Gasteiger partial charge on any atom is 0.321 e. The molecule has 0 aliphatic rings. The Bertz CT molecular complexity index is 87.7. The number of unbranched alkanes of at least 4 members (excludes halogenated alkanes) is 3. The van der Waals surface area contributed by atoms with E-state index in [2.05, 4.69) is 6.92 Å². The van der Waals surface area contributed by atoms with Crippen molar-refractivity contribution in [1.29, 1.82) is 0 Å². The molecule has 0 aliphatic heterocycles. The molecule has 0 aromatic carbocycles. The SMILES string of the molecule is CCCCCCN(I)[C]=O. The zero-order chi connectivity index (χ0) is 7.82. The van der Waals surface area contributed by atoms with E-state index in [0.717, 1.165) is 13.0 Å². The molecule has 0 aromatic heterocycles. The highest BCUT2D eigenvalue weighted by molar-refractivity contribution is 14.1. The van der Waals surface area contributed by atoms with Crippen LogP contribution in [0.2, 0.25) is 0 Å². The number of halogens is 1. The molecule has 0 saturated carbocycles. The Morgan fingerprint density at radius 3 is 2.60 bits per heavy atom. The molecule has 0 rings (SSSR count). The highest BCUT2D eigenvalue weighted by Crippen LogP contribution is 2.02. The van der Waals surface area contributed by atoms with Crippen LogP contribution in [0.3, 0.4) is 0 Å². The van der Waals surface area contributed by atoms with Gasteiger partial charge in [-0.2, -0.15) is 0 Å². The molecule has 0 fully saturated rings. The Kier molecular flexibility index (Phi) is 7.45. The highest BCUT2D eigenvalue weighted by Gasteiger charge is 1.94. The maximum absolute atomic E-state index is 9.96. The average molecular weight is 254 g/mol. The van der Waals surface area contributed by atoms with Crippen molar-refractivity contribution in [2.75, 3.05) is 6.54 Å². The van der Waals surface area contributed by atoms with E-state index < -0.39 is 0 Å². The predicted molar refractivity (Wildman–Crippen MR) is 50.6 cm³/mol. The van der Waals surface area contributed by atoms with Crippen molar-refractivity contribution < 1.29 is 4.79 Å². The normalized spacial score (nSPS) is 9.40. The zero-order valence-corrected chi connectivity index (χ0v) is 8.43. The molecule has 1 radical (unpaired) electrons. The van der Waals surface area contributed by atoms with E-state index in [1.165, 1.54) is 22.4 Å². The predicted octanol–water partition coefficient (Wildman–Crippen LogP) is 2.29. The van der Waals surface area contributed by atoms with Gasteiger partial charge in [-0.3, -0.25) is 7.91 Å². The molecular formula is C7H13INO. The molecule has 0 bridgehead atoms. The van der Waals surface area contributed by atoms with Gasteiger partial charge in [0.15, 0.2) is 0 Å². The van der Waals surface area contributed by atoms with Crippen molar-refractivity contribution in [2.24, 2.45) is 0 Å². The van der Waals surface area contributed by atoms with Gasteiger partial charge in [0.1, 0.15) is 0 Å². The zero-order valence-electron chi connectivity index (χ0n) is 6.27. The van der Waals surface area contributed by atoms with Gasteiger partial charge in [0, 0.05) is 6.54 Å². The second kappa shape index (κ2) is 7.31. The van der Waals surface area contributed by atoms with Crippen molar-refractivity contribution >= 4 is 29.3 Å². The fraction of sp³-hybridized carbons (Fsp3) is 0.857. The number of hydrogen-bond acceptors (Lipinski definition) is 1. The Balaban J connectivity index is 2.95. The lowest BCUT2D eigenvalue weighted by Crippen LogP contribution is -2.09. The number of nitrogens with zero attached hydrogens (tertiary/aromatic N) is 1. The van der Waals surface area contributed by atoms with Gasteiger partial charge in [0.2, 0.25) is 0 Å². The van der Waals surface area contributed by atoms with Crippen LogP contribution in [0.25, 0.3) is 0 Å². The molecule has 3 heteroatoms. The minimum Gasteiger partial charge on any atom is -0.277 e. The topological polar surface area (TPSA) is 20.3 Å². The smallest absolute Gasteiger partial charge is 0.277 e. The van der Waals surface area contributed by atoms with Gasteiger partial charge in [-0.25, -0.2) is 0 Å². The lowest BCUT2D eigenvalue weighted by atomic mass is 10.2. The minimum atomic E-state index is 0.837. The van der Waals surface area contributed by atoms with Gasteiger partial charge in [-0.05, 0) is 6.42 Å². The third-order valence-corrected chi connectivity index (χ3v) is 1.99. The first-order chi connectivity index (χ1) is 4.81. The van der Waals surface area contributed by atoms with Gasteiger partial charge >= 0.3 is 6.41 Å². The Labute approximate surface area is 76.5 Å². The molecular weight excluding hydrogens is 241 g/mol. The maximum atomic E-state index is 9.96. The van der Waals surface area contributed by atoms with E-state index in [1.54, 1.807) is 0 Å². The van der Waals surface area contributed by atoms with Crippen LogP contribution in [-0.4, -0.2) is 16.1 Å². The quantitative estimate of drug-likeness (QED) is 0.308. The Morgan fingerprint density at radius 2 is 2.10 bits per heavy atom. The molecule has 0 aromatic rings. The average Bonchev–Trinajstić information content (AvgIpc) is 1.98. The van der Waals surface area contributed by atoms with Crippen LogP contribution in [0, 0.1) is 0 Å². The molecule has 59 valence electrons. The fourth-order valence-electron chi connectivity index (χ4n) is 0.723. The van der Waals surface area contributed by atoms with Crippen LogP contribution in [0.15, 0.2) is 0 Å². The van der Waals surface area contributed by atoms with Gasteiger partial charge in [0.05, 0.1) is 22.9 Å². The van der Waals surface area contributed by atoms with Crippen LogP contribution in [0.1, 0.15) is 32.6 Å². The summed E-state index contributed by atoms with van der Waals surface area (Å²) < 4.78 is 1.54. The summed E-state index contributed by atoms with van der Waals surface area (Å²) in [4.78, 5) is 9.96. The Hall–Kier alpha value is 0.200. The summed E-state index contributed by atoms with van der Waals surface area (Å²) in [5, 5.41) is 0. The summed E-state index contributed by atoms with van der Waals surface area (Å²) in [5.74, 6) is 0. The van der Waals surface area contributed by atoms with E-state index in [-0.39, 0.29) is 0 Å². The number of carbonyl (C=O) groups excluding carboxylic acids is 1. The summed E-state index contributed by atoms with van der Waals surface area (Å²) in [6, 6.07) is 0. The summed E-state index contributed by atoms with van der Waals surface area (Å²) in [6.45, 7) is 3.01. The van der Waals surface area contributed by atoms with Crippen molar-refractivity contribution in [3.63, 3.8) is 0 Å². The number of amides is 1. The van der Waals surface area contributed by atoms with E-state index >= 15 is 0 Å². The minimum absolute atomic E-state index is 0.837. The molecule has 0 N–H and O–H groups in total. The molecule has 10 heavy (non-hydrogen) atoms. The Morgan fingerprint density at radius 1 is 1.40 bits per heavy atom. The van der Waals surface area contributed by atoms with E-state index in [9.17, 15) is 4.79 Å². The second-order valence-electron chi connectivity index (χ2n) is 2.24. The molecule has 0 heterocycles. The standard InChI is InChI=1S/C7H13INO/c1-2-3-4-5-6-9(8)7-10/h2-6H2,1H3. The lowest BCUT2D eigenvalue weighted by Gasteiger charge is -2.04. The van der Waals surface area contributed by atoms with E-state index in [0.29, 0.717) is 0 Å². The third kappa shape index (κ3) is 6.32. The third-order valence-electron chi connectivity index (χ3n) is 1.31. The fourth-order valence-corrected chi connectivity index (χ4v) is 1.06. The molecule has 2 nitrogen and oxygen atoms in total. The summed E-state index contributed by atoms with van der Waals surface area (Å²) in [6.07, 6.45) is 6.64. The van der Waals surface area contributed by atoms with E-state index in [1.807, 2.05) is 29.3 Å². The number of rotatable bonds is 6.